The van der Waals surface area contributed by atoms with Crippen LogP contribution in [0.4, 0.5) is 4.39 Å². The van der Waals surface area contributed by atoms with Crippen LogP contribution in [0.25, 0.3) is 10.9 Å². The molecular formula is C17H16FN3. The van der Waals surface area contributed by atoms with E-state index in [2.05, 4.69) is 15.3 Å². The van der Waals surface area contributed by atoms with Crippen LogP contribution < -0.4 is 5.32 Å². The molecule has 0 fully saturated rings. The van der Waals surface area contributed by atoms with E-state index in [1.807, 2.05) is 37.3 Å². The summed E-state index contributed by atoms with van der Waals surface area (Å²) in [6.07, 6.45) is 2.82. The normalized spacial score (nSPS) is 12.5. The molecule has 2 heterocycles. The summed E-state index contributed by atoms with van der Waals surface area (Å²) in [7, 11) is 1.80. The standard InChI is InChI=1S/C17H16FN3/c1-11-9-16(21-15-6-4-3-5-12(11)15)17(19-2)13-7-8-20-10-14(13)18/h3-10,17,19H,1-2H3. The van der Waals surface area contributed by atoms with Gasteiger partial charge < -0.3 is 5.32 Å². The second-order valence-corrected chi connectivity index (χ2v) is 5.00. The summed E-state index contributed by atoms with van der Waals surface area (Å²) in [6, 6.07) is 11.4. The summed E-state index contributed by atoms with van der Waals surface area (Å²) in [5.41, 5.74) is 3.40. The molecule has 0 aliphatic heterocycles. The highest BCUT2D eigenvalue weighted by molar-refractivity contribution is 5.82. The number of benzene rings is 1. The molecule has 3 nitrogen and oxygen atoms in total. The highest BCUT2D eigenvalue weighted by atomic mass is 19.1. The first-order valence-corrected chi connectivity index (χ1v) is 6.83. The number of halogens is 1. The minimum Gasteiger partial charge on any atom is -0.308 e. The largest absolute Gasteiger partial charge is 0.308 e. The summed E-state index contributed by atoms with van der Waals surface area (Å²) in [4.78, 5) is 8.47. The van der Waals surface area contributed by atoms with E-state index in [-0.39, 0.29) is 11.9 Å². The molecule has 0 aliphatic carbocycles. The molecule has 0 radical (unpaired) electrons. The second kappa shape index (κ2) is 5.58. The molecule has 0 spiro atoms. The summed E-state index contributed by atoms with van der Waals surface area (Å²) in [6.45, 7) is 2.04. The number of rotatable bonds is 3. The van der Waals surface area contributed by atoms with Gasteiger partial charge in [-0.15, -0.1) is 0 Å². The molecule has 0 saturated heterocycles. The van der Waals surface area contributed by atoms with Gasteiger partial charge in [-0.3, -0.25) is 9.97 Å². The van der Waals surface area contributed by atoms with E-state index < -0.39 is 0 Å². The van der Waals surface area contributed by atoms with Crippen LogP contribution in [-0.4, -0.2) is 17.0 Å². The van der Waals surface area contributed by atoms with E-state index in [4.69, 9.17) is 0 Å². The smallest absolute Gasteiger partial charge is 0.146 e. The van der Waals surface area contributed by atoms with Crippen molar-refractivity contribution in [3.8, 4) is 0 Å². The molecule has 0 saturated carbocycles. The highest BCUT2D eigenvalue weighted by Gasteiger charge is 2.18. The minimum atomic E-state index is -0.329. The maximum absolute atomic E-state index is 14.0. The molecule has 0 bridgehead atoms. The van der Waals surface area contributed by atoms with Crippen molar-refractivity contribution in [3.05, 3.63) is 71.4 Å². The molecule has 1 unspecified atom stereocenters. The first kappa shape index (κ1) is 13.6. The molecule has 3 rings (SSSR count). The van der Waals surface area contributed by atoms with Crippen molar-refractivity contribution >= 4 is 10.9 Å². The molecule has 21 heavy (non-hydrogen) atoms. The topological polar surface area (TPSA) is 37.8 Å². The number of fused-ring (bicyclic) bond motifs is 1. The summed E-state index contributed by atoms with van der Waals surface area (Å²) in [5.74, 6) is -0.329. The van der Waals surface area contributed by atoms with E-state index in [0.29, 0.717) is 5.56 Å². The molecular weight excluding hydrogens is 265 g/mol. The van der Waals surface area contributed by atoms with Crippen LogP contribution in [0, 0.1) is 12.7 Å². The number of aromatic nitrogens is 2. The zero-order valence-corrected chi connectivity index (χ0v) is 12.0. The number of para-hydroxylation sites is 1. The van der Waals surface area contributed by atoms with Crippen molar-refractivity contribution in [3.63, 3.8) is 0 Å². The average molecular weight is 281 g/mol. The van der Waals surface area contributed by atoms with Crippen LogP contribution in [-0.2, 0) is 0 Å². The molecule has 4 heteroatoms. The van der Waals surface area contributed by atoms with Gasteiger partial charge in [0.1, 0.15) is 5.82 Å². The third kappa shape index (κ3) is 2.50. The van der Waals surface area contributed by atoms with E-state index in [9.17, 15) is 4.39 Å². The predicted octanol–water partition coefficient (Wildman–Crippen LogP) is 3.39. The molecule has 106 valence electrons. The van der Waals surface area contributed by atoms with Crippen molar-refractivity contribution in [1.82, 2.24) is 15.3 Å². The van der Waals surface area contributed by atoms with Crippen LogP contribution in [0.15, 0.2) is 48.8 Å². The maximum atomic E-state index is 14.0. The Bertz CT molecular complexity index is 786. The van der Waals surface area contributed by atoms with Crippen LogP contribution >= 0.6 is 0 Å². The zero-order chi connectivity index (χ0) is 14.8. The molecule has 0 amide bonds. The van der Waals surface area contributed by atoms with E-state index in [0.717, 1.165) is 22.2 Å². The van der Waals surface area contributed by atoms with E-state index in [1.165, 1.54) is 6.20 Å². The fourth-order valence-electron chi connectivity index (χ4n) is 2.61. The van der Waals surface area contributed by atoms with Crippen molar-refractivity contribution in [2.75, 3.05) is 7.05 Å². The number of pyridine rings is 2. The van der Waals surface area contributed by atoms with Gasteiger partial charge in [-0.1, -0.05) is 18.2 Å². The molecule has 1 aromatic carbocycles. The fraction of sp³-hybridized carbons (Fsp3) is 0.176. The second-order valence-electron chi connectivity index (χ2n) is 5.00. The summed E-state index contributed by atoms with van der Waals surface area (Å²) in [5, 5.41) is 4.25. The lowest BCUT2D eigenvalue weighted by molar-refractivity contribution is 0.566. The van der Waals surface area contributed by atoms with Gasteiger partial charge in [0.05, 0.1) is 23.4 Å². The van der Waals surface area contributed by atoms with E-state index in [1.54, 1.807) is 19.3 Å². The summed E-state index contributed by atoms with van der Waals surface area (Å²) >= 11 is 0. The predicted molar refractivity (Wildman–Crippen MR) is 81.6 cm³/mol. The van der Waals surface area contributed by atoms with Crippen LogP contribution in [0.5, 0.6) is 0 Å². The number of aryl methyl sites for hydroxylation is 1. The van der Waals surface area contributed by atoms with Gasteiger partial charge in [0, 0.05) is 17.1 Å². The molecule has 1 atom stereocenters. The Labute approximate surface area is 122 Å². The van der Waals surface area contributed by atoms with Gasteiger partial charge in [-0.2, -0.15) is 0 Å². The van der Waals surface area contributed by atoms with Gasteiger partial charge in [-0.25, -0.2) is 4.39 Å². The van der Waals surface area contributed by atoms with Crippen molar-refractivity contribution < 1.29 is 4.39 Å². The Balaban J connectivity index is 2.16. The summed E-state index contributed by atoms with van der Waals surface area (Å²) < 4.78 is 14.0. The molecule has 1 N–H and O–H groups in total. The quantitative estimate of drug-likeness (QED) is 0.799. The molecule has 3 aromatic rings. The van der Waals surface area contributed by atoms with Crippen LogP contribution in [0.3, 0.4) is 0 Å². The first-order chi connectivity index (χ1) is 10.2. The Hall–Kier alpha value is -2.33. The van der Waals surface area contributed by atoms with Crippen molar-refractivity contribution in [2.45, 2.75) is 13.0 Å². The lowest BCUT2D eigenvalue weighted by Gasteiger charge is -2.18. The van der Waals surface area contributed by atoms with Gasteiger partial charge >= 0.3 is 0 Å². The lowest BCUT2D eigenvalue weighted by atomic mass is 10.0. The lowest BCUT2D eigenvalue weighted by Crippen LogP contribution is -2.20. The number of nitrogens with one attached hydrogen (secondary N) is 1. The third-order valence-corrected chi connectivity index (χ3v) is 3.64. The number of nitrogens with zero attached hydrogens (tertiary/aromatic N) is 2. The Morgan fingerprint density at radius 3 is 2.76 bits per heavy atom. The Morgan fingerprint density at radius 1 is 1.19 bits per heavy atom. The zero-order valence-electron chi connectivity index (χ0n) is 12.0. The van der Waals surface area contributed by atoms with Crippen molar-refractivity contribution in [2.24, 2.45) is 0 Å². The van der Waals surface area contributed by atoms with Crippen molar-refractivity contribution in [1.29, 1.82) is 0 Å². The molecule has 2 aromatic heterocycles. The fourth-order valence-corrected chi connectivity index (χ4v) is 2.61. The van der Waals surface area contributed by atoms with Crippen LogP contribution in [0.2, 0.25) is 0 Å². The third-order valence-electron chi connectivity index (χ3n) is 3.64. The molecule has 0 aliphatic rings. The van der Waals surface area contributed by atoms with Gasteiger partial charge in [0.25, 0.3) is 0 Å². The van der Waals surface area contributed by atoms with Gasteiger partial charge in [0.2, 0.25) is 0 Å². The highest BCUT2D eigenvalue weighted by Crippen LogP contribution is 2.26. The Kier molecular flexibility index (Phi) is 3.62. The first-order valence-electron chi connectivity index (χ1n) is 6.83. The van der Waals surface area contributed by atoms with E-state index >= 15 is 0 Å². The van der Waals surface area contributed by atoms with Crippen LogP contribution in [0.1, 0.15) is 22.9 Å². The minimum absolute atomic E-state index is 0.295. The SMILES string of the molecule is CNC(c1cc(C)c2ccccc2n1)c1ccncc1F. The van der Waals surface area contributed by atoms with Gasteiger partial charge in [-0.05, 0) is 37.7 Å². The van der Waals surface area contributed by atoms with Gasteiger partial charge in [0.15, 0.2) is 0 Å². The monoisotopic (exact) mass is 281 g/mol. The average Bonchev–Trinajstić information content (AvgIpc) is 2.50. The number of hydrogen-bond acceptors (Lipinski definition) is 3. The Morgan fingerprint density at radius 2 is 2.00 bits per heavy atom. The number of hydrogen-bond donors (Lipinski definition) is 1. The maximum Gasteiger partial charge on any atom is 0.146 e.